The first-order valence-corrected chi connectivity index (χ1v) is 3.51. The number of carbonyl (C=O) groups is 1. The Balaban J connectivity index is 0. The van der Waals surface area contributed by atoms with E-state index in [9.17, 15) is 4.79 Å². The number of aliphatic hydroxyl groups is 1. The highest BCUT2D eigenvalue weighted by atomic mass is 16.4. The van der Waals surface area contributed by atoms with Crippen molar-refractivity contribution in [1.29, 1.82) is 0 Å². The first kappa shape index (κ1) is 12.1. The Morgan fingerprint density at radius 3 is 1.70 bits per heavy atom. The Morgan fingerprint density at radius 2 is 1.70 bits per heavy atom. The van der Waals surface area contributed by atoms with Crippen molar-refractivity contribution in [2.45, 2.75) is 33.1 Å². The lowest BCUT2D eigenvalue weighted by Gasteiger charge is -1.79. The summed E-state index contributed by atoms with van der Waals surface area (Å²) in [5, 5.41) is 15.8. The van der Waals surface area contributed by atoms with Crippen molar-refractivity contribution in [1.82, 2.24) is 0 Å². The van der Waals surface area contributed by atoms with Gasteiger partial charge < -0.3 is 10.2 Å². The van der Waals surface area contributed by atoms with Crippen molar-refractivity contribution in [3.05, 3.63) is 0 Å². The van der Waals surface area contributed by atoms with Gasteiger partial charge in [0, 0.05) is 13.0 Å². The number of carboxylic acid groups (broad SMARTS) is 1. The molecular formula is C7H16O3. The molecule has 2 N–H and O–H groups in total. The number of rotatable bonds is 3. The molecule has 0 aromatic carbocycles. The molecule has 3 heteroatoms. The van der Waals surface area contributed by atoms with Crippen LogP contribution in [0.3, 0.4) is 0 Å². The fourth-order valence-corrected chi connectivity index (χ4v) is 0.214. The zero-order chi connectivity index (χ0) is 8.41. The lowest BCUT2D eigenvalue weighted by Crippen LogP contribution is -1.90. The second-order valence-corrected chi connectivity index (χ2v) is 1.87. The molecule has 3 nitrogen and oxygen atoms in total. The van der Waals surface area contributed by atoms with E-state index in [0.717, 1.165) is 12.8 Å². The molecule has 0 aromatic heterocycles. The van der Waals surface area contributed by atoms with Crippen molar-refractivity contribution in [3.8, 4) is 0 Å². The summed E-state index contributed by atoms with van der Waals surface area (Å²) < 4.78 is 0. The number of aliphatic carboxylic acids is 1. The predicted octanol–water partition coefficient (Wildman–Crippen LogP) is 1.26. The first-order chi connectivity index (χ1) is 4.68. The standard InChI is InChI=1S/C4H8O2.C3H8O/c1-2-3-4(5)6;1-2-3-4/h2-3H2,1H3,(H,5,6);4H,2-3H2,1H3. The average molecular weight is 148 g/mol. The van der Waals surface area contributed by atoms with Crippen LogP contribution in [0.4, 0.5) is 0 Å². The molecule has 0 amide bonds. The summed E-state index contributed by atoms with van der Waals surface area (Å²) in [6.45, 7) is 4.09. The summed E-state index contributed by atoms with van der Waals surface area (Å²) in [6.07, 6.45) is 1.90. The molecule has 0 radical (unpaired) electrons. The van der Waals surface area contributed by atoms with E-state index in [2.05, 4.69) is 0 Å². The van der Waals surface area contributed by atoms with E-state index in [1.54, 1.807) is 0 Å². The van der Waals surface area contributed by atoms with Gasteiger partial charge in [-0.2, -0.15) is 0 Å². The highest BCUT2D eigenvalue weighted by molar-refractivity contribution is 5.66. The Kier molecular flexibility index (Phi) is 13.7. The van der Waals surface area contributed by atoms with Gasteiger partial charge in [-0.05, 0) is 12.8 Å². The monoisotopic (exact) mass is 148 g/mol. The quantitative estimate of drug-likeness (QED) is 0.633. The Hall–Kier alpha value is -0.570. The van der Waals surface area contributed by atoms with E-state index in [1.165, 1.54) is 0 Å². The molecule has 0 unspecified atom stereocenters. The minimum absolute atomic E-state index is 0.292. The van der Waals surface area contributed by atoms with E-state index < -0.39 is 5.97 Å². The fraction of sp³-hybridized carbons (Fsp3) is 0.857. The maximum Gasteiger partial charge on any atom is 0.303 e. The topological polar surface area (TPSA) is 57.5 Å². The van der Waals surface area contributed by atoms with Crippen LogP contribution in [-0.2, 0) is 4.79 Å². The van der Waals surface area contributed by atoms with Gasteiger partial charge in [0.25, 0.3) is 0 Å². The van der Waals surface area contributed by atoms with Crippen molar-refractivity contribution in [2.75, 3.05) is 6.61 Å². The van der Waals surface area contributed by atoms with E-state index in [1.807, 2.05) is 13.8 Å². The average Bonchev–Trinajstić information content (AvgIpc) is 1.89. The van der Waals surface area contributed by atoms with Crippen molar-refractivity contribution in [3.63, 3.8) is 0 Å². The highest BCUT2D eigenvalue weighted by Gasteiger charge is 1.87. The number of aliphatic hydroxyl groups excluding tert-OH is 1. The van der Waals surface area contributed by atoms with E-state index in [4.69, 9.17) is 10.2 Å². The van der Waals surface area contributed by atoms with Crippen molar-refractivity contribution in [2.24, 2.45) is 0 Å². The first-order valence-electron chi connectivity index (χ1n) is 3.51. The summed E-state index contributed by atoms with van der Waals surface area (Å²) in [6, 6.07) is 0. The van der Waals surface area contributed by atoms with Gasteiger partial charge in [-0.3, -0.25) is 4.79 Å². The van der Waals surface area contributed by atoms with E-state index in [0.29, 0.717) is 13.0 Å². The van der Waals surface area contributed by atoms with Crippen molar-refractivity contribution < 1.29 is 15.0 Å². The summed E-state index contributed by atoms with van der Waals surface area (Å²) in [5.74, 6) is -0.711. The van der Waals surface area contributed by atoms with Crippen LogP contribution in [0.15, 0.2) is 0 Å². The largest absolute Gasteiger partial charge is 0.481 e. The molecule has 0 fully saturated rings. The smallest absolute Gasteiger partial charge is 0.303 e. The van der Waals surface area contributed by atoms with Crippen molar-refractivity contribution >= 4 is 5.97 Å². The molecule has 0 saturated heterocycles. The van der Waals surface area contributed by atoms with Gasteiger partial charge in [0.2, 0.25) is 0 Å². The highest BCUT2D eigenvalue weighted by Crippen LogP contribution is 1.82. The Morgan fingerprint density at radius 1 is 1.30 bits per heavy atom. The van der Waals surface area contributed by atoms with E-state index in [-0.39, 0.29) is 0 Å². The molecule has 0 saturated carbocycles. The van der Waals surface area contributed by atoms with Gasteiger partial charge in [0.05, 0.1) is 0 Å². The van der Waals surface area contributed by atoms with Gasteiger partial charge in [-0.1, -0.05) is 13.8 Å². The van der Waals surface area contributed by atoms with Crippen LogP contribution in [-0.4, -0.2) is 22.8 Å². The lowest BCUT2D eigenvalue weighted by molar-refractivity contribution is -0.137. The molecule has 0 heterocycles. The third-order valence-electron chi connectivity index (χ3n) is 0.687. The molecular weight excluding hydrogens is 132 g/mol. The minimum Gasteiger partial charge on any atom is -0.481 e. The van der Waals surface area contributed by atoms with E-state index >= 15 is 0 Å². The van der Waals surface area contributed by atoms with Crippen LogP contribution >= 0.6 is 0 Å². The summed E-state index contributed by atoms with van der Waals surface area (Å²) in [7, 11) is 0. The third-order valence-corrected chi connectivity index (χ3v) is 0.687. The Bertz CT molecular complexity index is 69.3. The van der Waals surface area contributed by atoms with Crippen LogP contribution in [0.1, 0.15) is 33.1 Å². The molecule has 0 spiro atoms. The molecule has 0 rings (SSSR count). The van der Waals surface area contributed by atoms with Gasteiger partial charge in [0.1, 0.15) is 0 Å². The second-order valence-electron chi connectivity index (χ2n) is 1.87. The zero-order valence-corrected chi connectivity index (χ0v) is 6.63. The van der Waals surface area contributed by atoms with Crippen LogP contribution < -0.4 is 0 Å². The normalized spacial score (nSPS) is 7.90. The minimum atomic E-state index is -0.711. The summed E-state index contributed by atoms with van der Waals surface area (Å²) >= 11 is 0. The van der Waals surface area contributed by atoms with Gasteiger partial charge >= 0.3 is 5.97 Å². The molecule has 0 bridgehead atoms. The fourth-order valence-electron chi connectivity index (χ4n) is 0.214. The second kappa shape index (κ2) is 11.3. The zero-order valence-electron chi connectivity index (χ0n) is 6.63. The molecule has 10 heavy (non-hydrogen) atoms. The lowest BCUT2D eigenvalue weighted by atomic mass is 10.4. The summed E-state index contributed by atoms with van der Waals surface area (Å²) in [5.41, 5.74) is 0. The Labute approximate surface area is 61.7 Å². The molecule has 62 valence electrons. The third kappa shape index (κ3) is 26.1. The summed E-state index contributed by atoms with van der Waals surface area (Å²) in [4.78, 5) is 9.60. The molecule has 0 aromatic rings. The SMILES string of the molecule is CCCC(=O)O.CCCO. The predicted molar refractivity (Wildman–Crippen MR) is 39.9 cm³/mol. The van der Waals surface area contributed by atoms with Gasteiger partial charge in [0.15, 0.2) is 0 Å². The molecule has 0 aliphatic carbocycles. The van der Waals surface area contributed by atoms with Crippen LogP contribution in [0.2, 0.25) is 0 Å². The molecule has 0 aliphatic heterocycles. The number of hydrogen-bond acceptors (Lipinski definition) is 2. The maximum absolute atomic E-state index is 9.60. The number of hydrogen-bond donors (Lipinski definition) is 2. The van der Waals surface area contributed by atoms with Crippen LogP contribution in [0.5, 0.6) is 0 Å². The van der Waals surface area contributed by atoms with Crippen LogP contribution in [0, 0.1) is 0 Å². The van der Waals surface area contributed by atoms with Crippen LogP contribution in [0.25, 0.3) is 0 Å². The van der Waals surface area contributed by atoms with Gasteiger partial charge in [-0.15, -0.1) is 0 Å². The van der Waals surface area contributed by atoms with Gasteiger partial charge in [-0.25, -0.2) is 0 Å². The molecule has 0 atom stereocenters. The number of carboxylic acids is 1. The maximum atomic E-state index is 9.60. The molecule has 0 aliphatic rings.